The fourth-order valence-corrected chi connectivity index (χ4v) is 7.87. The molecular weight excluding hydrogens is 492 g/mol. The molecule has 4 saturated carbocycles. The van der Waals surface area contributed by atoms with E-state index in [1.807, 2.05) is 12.1 Å². The van der Waals surface area contributed by atoms with Crippen LogP contribution in [0.25, 0.3) is 10.2 Å². The number of hydrogen-bond acceptors (Lipinski definition) is 8. The van der Waals surface area contributed by atoms with Crippen molar-refractivity contribution in [2.24, 2.45) is 0 Å². The Kier molecular flexibility index (Phi) is 3.58. The number of thiazole rings is 1. The van der Waals surface area contributed by atoms with Gasteiger partial charge in [0.2, 0.25) is 5.89 Å². The molecule has 1 amide bonds. The van der Waals surface area contributed by atoms with Crippen molar-refractivity contribution in [2.75, 3.05) is 6.26 Å². The molecule has 156 valence electrons. The lowest BCUT2D eigenvalue weighted by molar-refractivity contribution is -0.0809. The minimum Gasteiger partial charge on any atom is -0.344 e. The van der Waals surface area contributed by atoms with Gasteiger partial charge in [-0.2, -0.15) is 4.98 Å². The number of sulfone groups is 1. The molecule has 0 atom stereocenters. The summed E-state index contributed by atoms with van der Waals surface area (Å²) < 4.78 is 30.2. The maximum atomic E-state index is 12.6. The van der Waals surface area contributed by atoms with Gasteiger partial charge in [0.05, 0.1) is 10.2 Å². The second-order valence-corrected chi connectivity index (χ2v) is 13.1. The standard InChI is InChI=1S/C19H17BrN4O4S2/c1-30(26,27)19(4-5-19)15-22-13(24-28-15)14(25)23-18-7-17(8-18,9-18)16-21-11-3-2-10(20)6-12(11)29-16/h2-3,6H,4-5,7-9H2,1H3,(H,23,25). The van der Waals surface area contributed by atoms with Crippen molar-refractivity contribution in [2.45, 2.75) is 47.8 Å². The molecule has 3 aromatic rings. The van der Waals surface area contributed by atoms with Crippen LogP contribution in [0.4, 0.5) is 0 Å². The Morgan fingerprint density at radius 2 is 1.97 bits per heavy atom. The first kappa shape index (κ1) is 18.9. The zero-order chi connectivity index (χ0) is 20.9. The lowest BCUT2D eigenvalue weighted by Gasteiger charge is -2.69. The molecule has 0 aliphatic heterocycles. The van der Waals surface area contributed by atoms with Gasteiger partial charge in [0.1, 0.15) is 5.01 Å². The first-order valence-electron chi connectivity index (χ1n) is 9.57. The highest BCUT2D eigenvalue weighted by atomic mass is 79.9. The summed E-state index contributed by atoms with van der Waals surface area (Å²) in [4.78, 5) is 21.5. The van der Waals surface area contributed by atoms with E-state index in [2.05, 4.69) is 37.5 Å². The van der Waals surface area contributed by atoms with Gasteiger partial charge in [-0.1, -0.05) is 21.1 Å². The number of nitrogens with one attached hydrogen (secondary N) is 1. The summed E-state index contributed by atoms with van der Waals surface area (Å²) in [5.41, 5.74) is 0.783. The van der Waals surface area contributed by atoms with E-state index in [0.717, 1.165) is 45.2 Å². The van der Waals surface area contributed by atoms with E-state index in [1.54, 1.807) is 11.3 Å². The van der Waals surface area contributed by atoms with Crippen molar-refractivity contribution in [1.29, 1.82) is 0 Å². The Hall–Kier alpha value is -1.85. The van der Waals surface area contributed by atoms with Gasteiger partial charge in [0.15, 0.2) is 14.6 Å². The van der Waals surface area contributed by atoms with E-state index in [0.29, 0.717) is 12.8 Å². The first-order chi connectivity index (χ1) is 14.1. The number of aromatic nitrogens is 3. The minimum atomic E-state index is -3.37. The van der Waals surface area contributed by atoms with Crippen LogP contribution in [0, 0.1) is 0 Å². The number of nitrogens with zero attached hydrogens (tertiary/aromatic N) is 3. The van der Waals surface area contributed by atoms with Crippen molar-refractivity contribution < 1.29 is 17.7 Å². The highest BCUT2D eigenvalue weighted by molar-refractivity contribution is 9.10. The summed E-state index contributed by atoms with van der Waals surface area (Å²) in [6.45, 7) is 0. The van der Waals surface area contributed by atoms with Crippen molar-refractivity contribution >= 4 is 53.2 Å². The lowest BCUT2D eigenvalue weighted by Crippen LogP contribution is -2.76. The molecule has 2 aromatic heterocycles. The quantitative estimate of drug-likeness (QED) is 0.562. The average Bonchev–Trinajstić information content (AvgIpc) is 3.11. The fourth-order valence-electron chi connectivity index (χ4n) is 4.93. The molecule has 0 spiro atoms. The van der Waals surface area contributed by atoms with Gasteiger partial charge in [-0.05, 0) is 50.3 Å². The number of benzene rings is 1. The predicted molar refractivity (Wildman–Crippen MR) is 113 cm³/mol. The van der Waals surface area contributed by atoms with Crippen LogP contribution in [-0.2, 0) is 20.0 Å². The summed E-state index contributed by atoms with van der Waals surface area (Å²) in [6, 6.07) is 6.08. The van der Waals surface area contributed by atoms with Crippen LogP contribution < -0.4 is 5.32 Å². The van der Waals surface area contributed by atoms with E-state index in [-0.39, 0.29) is 22.7 Å². The molecule has 0 saturated heterocycles. The van der Waals surface area contributed by atoms with Gasteiger partial charge in [-0.25, -0.2) is 13.4 Å². The van der Waals surface area contributed by atoms with E-state index in [4.69, 9.17) is 9.51 Å². The second kappa shape index (κ2) is 5.68. The van der Waals surface area contributed by atoms with Crippen LogP contribution >= 0.6 is 27.3 Å². The Bertz CT molecular complexity index is 1320. The molecular formula is C19H17BrN4O4S2. The normalized spacial score (nSPS) is 28.6. The Morgan fingerprint density at radius 3 is 2.63 bits per heavy atom. The molecule has 0 radical (unpaired) electrons. The first-order valence-corrected chi connectivity index (χ1v) is 13.1. The number of rotatable bonds is 5. The molecule has 1 aromatic carbocycles. The van der Waals surface area contributed by atoms with Gasteiger partial charge >= 0.3 is 0 Å². The third kappa shape index (κ3) is 2.51. The molecule has 4 aliphatic carbocycles. The van der Waals surface area contributed by atoms with E-state index in [1.165, 1.54) is 0 Å². The van der Waals surface area contributed by atoms with E-state index < -0.39 is 20.5 Å². The zero-order valence-corrected chi connectivity index (χ0v) is 19.2. The highest BCUT2D eigenvalue weighted by Crippen LogP contribution is 2.68. The van der Waals surface area contributed by atoms with Gasteiger partial charge in [-0.15, -0.1) is 11.3 Å². The maximum Gasteiger partial charge on any atom is 0.293 e. The monoisotopic (exact) mass is 508 g/mol. The zero-order valence-electron chi connectivity index (χ0n) is 15.9. The highest BCUT2D eigenvalue weighted by Gasteiger charge is 2.70. The van der Waals surface area contributed by atoms with Crippen molar-refractivity contribution in [1.82, 2.24) is 20.4 Å². The van der Waals surface area contributed by atoms with Gasteiger partial charge in [0.25, 0.3) is 11.7 Å². The summed E-state index contributed by atoms with van der Waals surface area (Å²) in [5.74, 6) is -0.510. The number of carbonyl (C=O) groups is 1. The molecule has 4 fully saturated rings. The third-order valence-electron chi connectivity index (χ3n) is 6.65. The number of hydrogen-bond donors (Lipinski definition) is 1. The smallest absolute Gasteiger partial charge is 0.293 e. The molecule has 4 aliphatic rings. The molecule has 11 heteroatoms. The number of carbonyl (C=O) groups excluding carboxylic acids is 1. The predicted octanol–water partition coefficient (Wildman–Crippen LogP) is 3.08. The molecule has 2 bridgehead atoms. The van der Waals surface area contributed by atoms with Crippen molar-refractivity contribution in [3.8, 4) is 0 Å². The minimum absolute atomic E-state index is 0.0184. The molecule has 30 heavy (non-hydrogen) atoms. The molecule has 0 unspecified atom stereocenters. The Morgan fingerprint density at radius 1 is 1.23 bits per heavy atom. The number of amides is 1. The Balaban J connectivity index is 1.16. The van der Waals surface area contributed by atoms with Crippen LogP contribution in [-0.4, -0.2) is 41.2 Å². The topological polar surface area (TPSA) is 115 Å². The number of halogens is 1. The van der Waals surface area contributed by atoms with Crippen LogP contribution in [0.2, 0.25) is 0 Å². The summed E-state index contributed by atoms with van der Waals surface area (Å²) >= 11 is 5.21. The van der Waals surface area contributed by atoms with Crippen molar-refractivity contribution in [3.63, 3.8) is 0 Å². The van der Waals surface area contributed by atoms with Crippen LogP contribution in [0.3, 0.4) is 0 Å². The molecule has 7 rings (SSSR count). The molecule has 8 nitrogen and oxygen atoms in total. The molecule has 2 heterocycles. The fraction of sp³-hybridized carbons (Fsp3) is 0.474. The van der Waals surface area contributed by atoms with Gasteiger partial charge < -0.3 is 9.84 Å². The Labute approximate surface area is 184 Å². The lowest BCUT2D eigenvalue weighted by atomic mass is 9.39. The summed E-state index contributed by atoms with van der Waals surface area (Å²) in [7, 11) is -3.37. The summed E-state index contributed by atoms with van der Waals surface area (Å²) in [5, 5.41) is 7.89. The van der Waals surface area contributed by atoms with Crippen LogP contribution in [0.5, 0.6) is 0 Å². The second-order valence-electron chi connectivity index (χ2n) is 8.87. The molecule has 1 N–H and O–H groups in total. The number of fused-ring (bicyclic) bond motifs is 1. The van der Waals surface area contributed by atoms with Crippen LogP contribution in [0.15, 0.2) is 27.2 Å². The van der Waals surface area contributed by atoms with Crippen molar-refractivity contribution in [3.05, 3.63) is 39.4 Å². The third-order valence-corrected chi connectivity index (χ3v) is 10.4. The maximum absolute atomic E-state index is 12.6. The SMILES string of the molecule is CS(=O)(=O)C1(c2nc(C(=O)NC34CC(c5nc6ccc(Br)cc6s5)(C3)C4)no2)CC1. The van der Waals surface area contributed by atoms with E-state index in [9.17, 15) is 13.2 Å². The van der Waals surface area contributed by atoms with E-state index >= 15 is 0 Å². The van der Waals surface area contributed by atoms with Crippen LogP contribution in [0.1, 0.15) is 53.6 Å². The van der Waals surface area contributed by atoms with Gasteiger partial charge in [0, 0.05) is 21.7 Å². The average molecular weight is 509 g/mol. The van der Waals surface area contributed by atoms with Gasteiger partial charge in [-0.3, -0.25) is 4.79 Å². The summed E-state index contributed by atoms with van der Waals surface area (Å²) in [6.07, 6.45) is 4.56. The largest absolute Gasteiger partial charge is 0.344 e.